The fourth-order valence-corrected chi connectivity index (χ4v) is 5.09. The lowest BCUT2D eigenvalue weighted by atomic mass is 9.82. The predicted octanol–water partition coefficient (Wildman–Crippen LogP) is 8.12. The van der Waals surface area contributed by atoms with Crippen molar-refractivity contribution in [3.05, 3.63) is 101 Å². The Labute approximate surface area is 190 Å². The summed E-state index contributed by atoms with van der Waals surface area (Å²) in [5.41, 5.74) is 7.61. The van der Waals surface area contributed by atoms with Gasteiger partial charge in [0.15, 0.2) is 0 Å². The molecule has 0 amide bonds. The molecule has 156 valence electrons. The van der Waals surface area contributed by atoms with Gasteiger partial charge in [0.05, 0.1) is 12.1 Å². The van der Waals surface area contributed by atoms with Crippen LogP contribution < -0.4 is 0 Å². The number of halogens is 1. The third kappa shape index (κ3) is 2.59. The minimum absolute atomic E-state index is 0.109. The quantitative estimate of drug-likeness (QED) is 0.253. The van der Waals surface area contributed by atoms with Crippen LogP contribution in [0.15, 0.2) is 71.1 Å². The summed E-state index contributed by atoms with van der Waals surface area (Å²) in [6.45, 7) is 11.7. The zero-order valence-corrected chi connectivity index (χ0v) is 18.0. The highest BCUT2D eigenvalue weighted by atomic mass is 19.1. The molecule has 5 aromatic rings. The molecule has 1 aliphatic rings. The number of hydrogen-bond acceptors (Lipinski definition) is 2. The Bertz CT molecular complexity index is 1690. The summed E-state index contributed by atoms with van der Waals surface area (Å²) in [4.78, 5) is 3.25. The van der Waals surface area contributed by atoms with Crippen LogP contribution in [-0.2, 0) is 5.41 Å². The molecular weight excluding hydrogens is 411 g/mol. The van der Waals surface area contributed by atoms with E-state index in [0.717, 1.165) is 27.5 Å². The van der Waals surface area contributed by atoms with Gasteiger partial charge in [0.1, 0.15) is 23.1 Å². The second-order valence-corrected chi connectivity index (χ2v) is 8.96. The van der Waals surface area contributed by atoms with E-state index >= 15 is 0 Å². The van der Waals surface area contributed by atoms with E-state index in [4.69, 9.17) is 11.0 Å². The molecule has 0 atom stereocenters. The zero-order chi connectivity index (χ0) is 22.9. The number of benzene rings is 4. The molecule has 0 aliphatic heterocycles. The summed E-state index contributed by atoms with van der Waals surface area (Å²) in [5.74, 6) is -0.775. The van der Waals surface area contributed by atoms with Crippen LogP contribution in [0, 0.1) is 23.7 Å². The van der Waals surface area contributed by atoms with Crippen LogP contribution in [0.25, 0.3) is 49.0 Å². The molecule has 6 rings (SSSR count). The molecule has 0 fully saturated rings. The number of furan rings is 1. The smallest absolute Gasteiger partial charge is 0.224 e. The van der Waals surface area contributed by atoms with Crippen molar-refractivity contribution in [2.24, 2.45) is 0 Å². The maximum atomic E-state index is 14.2. The number of hydrogen-bond donors (Lipinski definition) is 0. The van der Waals surface area contributed by atoms with Crippen LogP contribution >= 0.6 is 0 Å². The van der Waals surface area contributed by atoms with Crippen molar-refractivity contribution in [3.63, 3.8) is 0 Å². The van der Waals surface area contributed by atoms with Crippen molar-refractivity contribution < 1.29 is 8.81 Å². The van der Waals surface area contributed by atoms with E-state index in [0.29, 0.717) is 5.56 Å². The number of fused-ring (bicyclic) bond motifs is 6. The molecule has 0 saturated heterocycles. The van der Waals surface area contributed by atoms with Crippen molar-refractivity contribution in [1.82, 2.24) is 0 Å². The van der Waals surface area contributed by atoms with Crippen molar-refractivity contribution in [3.8, 4) is 28.3 Å². The van der Waals surface area contributed by atoms with Gasteiger partial charge in [-0.25, -0.2) is 9.24 Å². The van der Waals surface area contributed by atoms with Gasteiger partial charge >= 0.3 is 0 Å². The molecule has 33 heavy (non-hydrogen) atoms. The summed E-state index contributed by atoms with van der Waals surface area (Å²) < 4.78 is 20.4. The Morgan fingerprint density at radius 3 is 2.45 bits per heavy atom. The molecule has 4 heteroatoms. The molecule has 0 bridgehead atoms. The van der Waals surface area contributed by atoms with E-state index in [2.05, 4.69) is 55.1 Å². The van der Waals surface area contributed by atoms with Crippen LogP contribution in [0.4, 0.5) is 10.1 Å². The highest BCUT2D eigenvalue weighted by Crippen LogP contribution is 2.50. The van der Waals surface area contributed by atoms with Gasteiger partial charge < -0.3 is 4.42 Å². The summed E-state index contributed by atoms with van der Waals surface area (Å²) in [5, 5.41) is 11.2. The molecule has 0 unspecified atom stereocenters. The van der Waals surface area contributed by atoms with Crippen LogP contribution in [0.2, 0.25) is 0 Å². The number of rotatable bonds is 1. The molecule has 1 aromatic heterocycles. The summed E-state index contributed by atoms with van der Waals surface area (Å²) in [6.07, 6.45) is 0. The highest BCUT2D eigenvalue weighted by molar-refractivity contribution is 6.09. The Morgan fingerprint density at radius 1 is 0.879 bits per heavy atom. The van der Waals surface area contributed by atoms with Gasteiger partial charge in [-0.15, -0.1) is 0 Å². The van der Waals surface area contributed by atoms with Crippen molar-refractivity contribution in [2.45, 2.75) is 19.3 Å². The summed E-state index contributed by atoms with van der Waals surface area (Å²) in [7, 11) is 0. The molecule has 3 nitrogen and oxygen atoms in total. The Kier molecular flexibility index (Phi) is 3.83. The minimum Gasteiger partial charge on any atom is -0.456 e. The molecular formula is C29H17FN2O. The first kappa shape index (κ1) is 19.3. The van der Waals surface area contributed by atoms with Gasteiger partial charge in [0.2, 0.25) is 5.69 Å². The lowest BCUT2D eigenvalue weighted by molar-refractivity contribution is 0.630. The van der Waals surface area contributed by atoms with Crippen molar-refractivity contribution in [1.29, 1.82) is 5.26 Å². The minimum atomic E-state index is -0.775. The Morgan fingerprint density at radius 2 is 1.67 bits per heavy atom. The zero-order valence-electron chi connectivity index (χ0n) is 18.0. The van der Waals surface area contributed by atoms with Gasteiger partial charge in [-0.1, -0.05) is 44.2 Å². The monoisotopic (exact) mass is 428 g/mol. The molecule has 0 saturated carbocycles. The Balaban J connectivity index is 1.60. The van der Waals surface area contributed by atoms with E-state index in [-0.39, 0.29) is 16.7 Å². The van der Waals surface area contributed by atoms with Gasteiger partial charge in [-0.3, -0.25) is 0 Å². The van der Waals surface area contributed by atoms with E-state index in [1.165, 1.54) is 34.4 Å². The SMILES string of the molecule is [C-]#[N+]c1cc(-c2ccc3oc4cc5c(cc4c3c2)-c2ccccc2C5(C)C)cc(C#N)c1F. The first-order valence-electron chi connectivity index (χ1n) is 10.6. The fraction of sp³-hybridized carbons (Fsp3) is 0.103. The maximum Gasteiger partial charge on any atom is 0.224 e. The number of nitrogens with zero attached hydrogens (tertiary/aromatic N) is 2. The molecule has 4 aromatic carbocycles. The molecule has 1 heterocycles. The fourth-order valence-electron chi connectivity index (χ4n) is 5.09. The van der Waals surface area contributed by atoms with Crippen LogP contribution in [0.1, 0.15) is 30.5 Å². The summed E-state index contributed by atoms with van der Waals surface area (Å²) >= 11 is 0. The summed E-state index contributed by atoms with van der Waals surface area (Å²) in [6, 6.07) is 23.4. The molecule has 0 N–H and O–H groups in total. The van der Waals surface area contributed by atoms with Gasteiger partial charge in [-0.05, 0) is 69.8 Å². The number of nitriles is 1. The third-order valence-electron chi connectivity index (χ3n) is 6.80. The first-order valence-corrected chi connectivity index (χ1v) is 10.6. The largest absolute Gasteiger partial charge is 0.456 e. The maximum absolute atomic E-state index is 14.2. The van der Waals surface area contributed by atoms with E-state index in [9.17, 15) is 9.65 Å². The highest BCUT2D eigenvalue weighted by Gasteiger charge is 2.35. The molecule has 1 aliphatic carbocycles. The topological polar surface area (TPSA) is 41.3 Å². The van der Waals surface area contributed by atoms with E-state index in [1.54, 1.807) is 0 Å². The van der Waals surface area contributed by atoms with E-state index < -0.39 is 5.82 Å². The second kappa shape index (κ2) is 6.55. The Hall–Kier alpha value is -4.41. The van der Waals surface area contributed by atoms with Gasteiger partial charge in [0.25, 0.3) is 0 Å². The van der Waals surface area contributed by atoms with E-state index in [1.807, 2.05) is 24.3 Å². The predicted molar refractivity (Wildman–Crippen MR) is 128 cm³/mol. The average molecular weight is 428 g/mol. The van der Waals surface area contributed by atoms with Crippen LogP contribution in [-0.4, -0.2) is 0 Å². The average Bonchev–Trinajstić information content (AvgIpc) is 3.30. The van der Waals surface area contributed by atoms with Gasteiger partial charge in [0, 0.05) is 16.2 Å². The second-order valence-electron chi connectivity index (χ2n) is 8.96. The standard InChI is InChI=1S/C29H17FN2O/c1-29(2)23-7-5-4-6-19(23)20-13-22-21-11-16(8-9-26(21)33-27(22)14-24(20)29)17-10-18(15-31)28(30)25(12-17)32-3/h4-14H,1-2H3. The van der Waals surface area contributed by atoms with Crippen LogP contribution in [0.3, 0.4) is 0 Å². The molecule has 0 radical (unpaired) electrons. The van der Waals surface area contributed by atoms with Crippen LogP contribution in [0.5, 0.6) is 0 Å². The van der Waals surface area contributed by atoms with Gasteiger partial charge in [-0.2, -0.15) is 5.26 Å². The first-order chi connectivity index (χ1) is 15.9. The normalized spacial score (nSPS) is 13.5. The molecule has 0 spiro atoms. The lowest BCUT2D eigenvalue weighted by Crippen LogP contribution is -2.14. The van der Waals surface area contributed by atoms with Crippen molar-refractivity contribution >= 4 is 27.6 Å². The lowest BCUT2D eigenvalue weighted by Gasteiger charge is -2.21. The van der Waals surface area contributed by atoms with Crippen molar-refractivity contribution in [2.75, 3.05) is 0 Å². The third-order valence-corrected chi connectivity index (χ3v) is 6.80.